The number of nitrogens with one attached hydrogen (secondary N) is 1. The highest BCUT2D eigenvalue weighted by atomic mass is 19.3. The maximum Gasteiger partial charge on any atom is 0.315 e. The van der Waals surface area contributed by atoms with Crippen molar-refractivity contribution in [3.63, 3.8) is 0 Å². The zero-order chi connectivity index (χ0) is 11.4. The van der Waals surface area contributed by atoms with E-state index in [-0.39, 0.29) is 12.0 Å². The van der Waals surface area contributed by atoms with E-state index in [2.05, 4.69) is 5.32 Å². The van der Waals surface area contributed by atoms with Gasteiger partial charge in [0.2, 0.25) is 0 Å². The minimum atomic E-state index is -2.93. The summed E-state index contributed by atoms with van der Waals surface area (Å²) in [6.45, 7) is 4.82. The van der Waals surface area contributed by atoms with Gasteiger partial charge in [-0.15, -0.1) is 0 Å². The summed E-state index contributed by atoms with van der Waals surface area (Å²) < 4.78 is 23.7. The summed E-state index contributed by atoms with van der Waals surface area (Å²) in [7, 11) is 3.80. The van der Waals surface area contributed by atoms with Crippen LogP contribution in [0, 0.1) is 5.41 Å². The average molecular weight is 208 g/mol. The molecule has 0 heterocycles. The van der Waals surface area contributed by atoms with E-state index >= 15 is 0 Å². The van der Waals surface area contributed by atoms with Crippen molar-refractivity contribution < 1.29 is 13.6 Å². The molecule has 1 N–H and O–H groups in total. The molecule has 0 radical (unpaired) electrons. The molecular formula is C9H18F2N2O. The van der Waals surface area contributed by atoms with Crippen LogP contribution in [0.5, 0.6) is 0 Å². The summed E-state index contributed by atoms with van der Waals surface area (Å²) in [5, 5.41) is 2.21. The van der Waals surface area contributed by atoms with Crippen molar-refractivity contribution >= 4 is 5.91 Å². The van der Waals surface area contributed by atoms with E-state index in [9.17, 15) is 13.6 Å². The van der Waals surface area contributed by atoms with Crippen LogP contribution in [0.2, 0.25) is 0 Å². The number of rotatable bonds is 5. The minimum absolute atomic E-state index is 0.200. The molecule has 0 aromatic heterocycles. The molecule has 84 valence electrons. The fraction of sp³-hybridized carbons (Fsp3) is 0.889. The van der Waals surface area contributed by atoms with Gasteiger partial charge in [0.15, 0.2) is 0 Å². The second-order valence-electron chi connectivity index (χ2n) is 4.42. The van der Waals surface area contributed by atoms with Crippen LogP contribution < -0.4 is 5.32 Å². The lowest BCUT2D eigenvalue weighted by molar-refractivity contribution is -0.132. The highest BCUT2D eigenvalue weighted by molar-refractivity contribution is 5.79. The van der Waals surface area contributed by atoms with Gasteiger partial charge in [0.25, 0.3) is 5.91 Å². The summed E-state index contributed by atoms with van der Waals surface area (Å²) in [6, 6.07) is 0. The predicted octanol–water partition coefficient (Wildman–Crippen LogP) is 0.955. The van der Waals surface area contributed by atoms with Gasteiger partial charge in [0.05, 0.1) is 0 Å². The Hall–Kier alpha value is -0.710. The topological polar surface area (TPSA) is 32.3 Å². The predicted molar refractivity (Wildman–Crippen MR) is 51.3 cm³/mol. The first-order valence-electron chi connectivity index (χ1n) is 4.45. The first-order valence-corrected chi connectivity index (χ1v) is 4.45. The van der Waals surface area contributed by atoms with E-state index in [0.29, 0.717) is 0 Å². The molecule has 0 aliphatic heterocycles. The number of carbonyl (C=O) groups is 1. The minimum Gasteiger partial charge on any atom is -0.351 e. The van der Waals surface area contributed by atoms with Crippen LogP contribution in [0.1, 0.15) is 13.8 Å². The van der Waals surface area contributed by atoms with Crippen LogP contribution in [0.25, 0.3) is 0 Å². The second-order valence-corrected chi connectivity index (χ2v) is 4.42. The lowest BCUT2D eigenvalue weighted by atomic mass is 9.93. The molecule has 0 rings (SSSR count). The summed E-state index contributed by atoms with van der Waals surface area (Å²) in [5.74, 6) is -1.20. The Morgan fingerprint density at radius 3 is 2.29 bits per heavy atom. The van der Waals surface area contributed by atoms with Gasteiger partial charge in [-0.1, -0.05) is 13.8 Å². The molecule has 0 saturated heterocycles. The van der Waals surface area contributed by atoms with Crippen LogP contribution >= 0.6 is 0 Å². The Kier molecular flexibility index (Phi) is 4.97. The first-order chi connectivity index (χ1) is 6.24. The highest BCUT2D eigenvalue weighted by Crippen LogP contribution is 2.14. The molecule has 0 atom stereocenters. The van der Waals surface area contributed by atoms with Gasteiger partial charge in [0, 0.05) is 13.1 Å². The van der Waals surface area contributed by atoms with Gasteiger partial charge < -0.3 is 10.2 Å². The van der Waals surface area contributed by atoms with Gasteiger partial charge >= 0.3 is 6.43 Å². The Balaban J connectivity index is 3.92. The van der Waals surface area contributed by atoms with Crippen molar-refractivity contribution in [2.75, 3.05) is 27.2 Å². The molecule has 1 amide bonds. The highest BCUT2D eigenvalue weighted by Gasteiger charge is 2.22. The molecule has 5 heteroatoms. The fourth-order valence-corrected chi connectivity index (χ4v) is 1.32. The third kappa shape index (κ3) is 5.85. The van der Waals surface area contributed by atoms with Crippen LogP contribution in [0.3, 0.4) is 0 Å². The van der Waals surface area contributed by atoms with E-state index in [4.69, 9.17) is 0 Å². The number of nitrogens with zero attached hydrogens (tertiary/aromatic N) is 1. The molecular weight excluding hydrogens is 190 g/mol. The number of hydrogen-bond donors (Lipinski definition) is 1. The summed E-state index contributed by atoms with van der Waals surface area (Å²) in [4.78, 5) is 12.6. The monoisotopic (exact) mass is 208 g/mol. The quantitative estimate of drug-likeness (QED) is 0.729. The first kappa shape index (κ1) is 13.3. The third-order valence-corrected chi connectivity index (χ3v) is 1.68. The largest absolute Gasteiger partial charge is 0.351 e. The number of halogens is 2. The van der Waals surface area contributed by atoms with E-state index in [1.807, 2.05) is 32.8 Å². The lowest BCUT2D eigenvalue weighted by Gasteiger charge is -2.28. The van der Waals surface area contributed by atoms with Gasteiger partial charge in [-0.2, -0.15) is 8.78 Å². The molecule has 0 aliphatic rings. The fourth-order valence-electron chi connectivity index (χ4n) is 1.32. The van der Waals surface area contributed by atoms with Crippen LogP contribution in [-0.4, -0.2) is 44.4 Å². The Labute approximate surface area is 83.5 Å². The van der Waals surface area contributed by atoms with Crippen LogP contribution in [0.15, 0.2) is 0 Å². The number of alkyl halides is 2. The van der Waals surface area contributed by atoms with Gasteiger partial charge in [-0.25, -0.2) is 0 Å². The third-order valence-electron chi connectivity index (χ3n) is 1.68. The summed E-state index contributed by atoms with van der Waals surface area (Å²) in [6.07, 6.45) is -2.93. The van der Waals surface area contributed by atoms with Crippen molar-refractivity contribution in [3.8, 4) is 0 Å². The molecule has 0 saturated carbocycles. The molecule has 0 aromatic rings. The Bertz CT molecular complexity index is 193. The number of carbonyl (C=O) groups excluding carboxylic acids is 1. The number of amides is 1. The maximum atomic E-state index is 11.8. The standard InChI is InChI=1S/C9H18F2N2O/c1-9(2,6-13(3)4)5-12-8(14)7(10)11/h7H,5-6H2,1-4H3,(H,12,14). The van der Waals surface area contributed by atoms with E-state index in [1.165, 1.54) is 0 Å². The van der Waals surface area contributed by atoms with E-state index < -0.39 is 12.3 Å². The van der Waals surface area contributed by atoms with E-state index in [1.54, 1.807) is 0 Å². The van der Waals surface area contributed by atoms with Crippen molar-refractivity contribution in [2.24, 2.45) is 5.41 Å². The molecule has 0 unspecified atom stereocenters. The second kappa shape index (κ2) is 5.24. The zero-order valence-corrected chi connectivity index (χ0v) is 9.10. The van der Waals surface area contributed by atoms with Crippen LogP contribution in [0.4, 0.5) is 8.78 Å². The van der Waals surface area contributed by atoms with Gasteiger partial charge in [0.1, 0.15) is 0 Å². The zero-order valence-electron chi connectivity index (χ0n) is 9.10. The molecule has 0 spiro atoms. The molecule has 0 aliphatic carbocycles. The molecule has 0 bridgehead atoms. The van der Waals surface area contributed by atoms with Crippen LogP contribution in [-0.2, 0) is 4.79 Å². The van der Waals surface area contributed by atoms with Gasteiger partial charge in [-0.3, -0.25) is 4.79 Å². The smallest absolute Gasteiger partial charge is 0.315 e. The van der Waals surface area contributed by atoms with Crippen molar-refractivity contribution in [2.45, 2.75) is 20.3 Å². The molecule has 0 aromatic carbocycles. The Morgan fingerprint density at radius 1 is 1.43 bits per heavy atom. The van der Waals surface area contributed by atoms with Crippen molar-refractivity contribution in [1.29, 1.82) is 0 Å². The Morgan fingerprint density at radius 2 is 1.93 bits per heavy atom. The number of hydrogen-bond acceptors (Lipinski definition) is 2. The summed E-state index contributed by atoms with van der Waals surface area (Å²) in [5.41, 5.74) is -0.200. The molecule has 3 nitrogen and oxygen atoms in total. The van der Waals surface area contributed by atoms with Crippen molar-refractivity contribution in [1.82, 2.24) is 10.2 Å². The normalized spacial score (nSPS) is 12.3. The maximum absolute atomic E-state index is 11.8. The van der Waals surface area contributed by atoms with Crippen molar-refractivity contribution in [3.05, 3.63) is 0 Å². The lowest BCUT2D eigenvalue weighted by Crippen LogP contribution is -2.41. The average Bonchev–Trinajstić information content (AvgIpc) is 1.97. The van der Waals surface area contributed by atoms with E-state index in [0.717, 1.165) is 6.54 Å². The SMILES string of the molecule is CN(C)CC(C)(C)CNC(=O)C(F)F. The molecule has 14 heavy (non-hydrogen) atoms. The summed E-state index contributed by atoms with van der Waals surface area (Å²) >= 11 is 0. The van der Waals surface area contributed by atoms with Gasteiger partial charge in [-0.05, 0) is 19.5 Å². The molecule has 0 fully saturated rings.